The number of amides is 1. The van der Waals surface area contributed by atoms with Crippen molar-refractivity contribution in [2.24, 2.45) is 0 Å². The second-order valence-corrected chi connectivity index (χ2v) is 6.22. The minimum Gasteiger partial charge on any atom is -0.436 e. The number of halogens is 1. The van der Waals surface area contributed by atoms with Crippen LogP contribution in [0.3, 0.4) is 0 Å². The molecule has 1 aliphatic rings. The maximum absolute atomic E-state index is 13.0. The van der Waals surface area contributed by atoms with E-state index < -0.39 is 12.2 Å². The zero-order valence-electron chi connectivity index (χ0n) is 13.7. The van der Waals surface area contributed by atoms with Crippen LogP contribution >= 0.6 is 15.9 Å². The Bertz CT molecular complexity index is 765. The van der Waals surface area contributed by atoms with Crippen molar-refractivity contribution >= 4 is 27.8 Å². The van der Waals surface area contributed by atoms with E-state index in [4.69, 9.17) is 9.47 Å². The largest absolute Gasteiger partial charge is 0.436 e. The van der Waals surface area contributed by atoms with Crippen molar-refractivity contribution in [1.82, 2.24) is 4.90 Å². The fourth-order valence-electron chi connectivity index (χ4n) is 3.05. The third kappa shape index (κ3) is 3.45. The van der Waals surface area contributed by atoms with Gasteiger partial charge in [0, 0.05) is 18.2 Å². The van der Waals surface area contributed by atoms with Crippen molar-refractivity contribution in [2.45, 2.75) is 12.3 Å². The number of nitrogens with zero attached hydrogens (tertiary/aromatic N) is 1. The van der Waals surface area contributed by atoms with Crippen LogP contribution in [0.25, 0.3) is 0 Å². The Morgan fingerprint density at radius 1 is 1.16 bits per heavy atom. The molecule has 6 heteroatoms. The first-order valence-corrected chi connectivity index (χ1v) is 9.00. The van der Waals surface area contributed by atoms with Crippen molar-refractivity contribution < 1.29 is 19.1 Å². The molecule has 0 saturated carbocycles. The SMILES string of the molecule is COC[C@@H](c1ccccc1)N1C(=O)c2ccccc2[C@H]1OC(=O)CBr. The number of carbonyl (C=O) groups is 2. The number of hydrogen-bond acceptors (Lipinski definition) is 4. The molecule has 0 spiro atoms. The molecule has 1 aliphatic heterocycles. The summed E-state index contributed by atoms with van der Waals surface area (Å²) in [5.74, 6) is -0.599. The van der Waals surface area contributed by atoms with Gasteiger partial charge in [-0.25, -0.2) is 0 Å². The van der Waals surface area contributed by atoms with E-state index in [-0.39, 0.29) is 17.3 Å². The summed E-state index contributed by atoms with van der Waals surface area (Å²) < 4.78 is 10.9. The number of carbonyl (C=O) groups excluding carboxylic acids is 2. The summed E-state index contributed by atoms with van der Waals surface area (Å²) in [4.78, 5) is 26.5. The maximum atomic E-state index is 13.0. The quantitative estimate of drug-likeness (QED) is 0.547. The van der Waals surface area contributed by atoms with Crippen molar-refractivity contribution in [1.29, 1.82) is 0 Å². The number of benzene rings is 2. The van der Waals surface area contributed by atoms with Crippen LogP contribution in [0.1, 0.15) is 33.8 Å². The lowest BCUT2D eigenvalue weighted by atomic mass is 10.1. The molecule has 0 saturated heterocycles. The van der Waals surface area contributed by atoms with Crippen LogP contribution in [0.4, 0.5) is 0 Å². The highest BCUT2D eigenvalue weighted by Gasteiger charge is 2.43. The summed E-state index contributed by atoms with van der Waals surface area (Å²) in [5, 5.41) is 0.0635. The zero-order chi connectivity index (χ0) is 17.8. The Morgan fingerprint density at radius 3 is 2.52 bits per heavy atom. The van der Waals surface area contributed by atoms with Crippen LogP contribution in [-0.2, 0) is 14.3 Å². The Balaban J connectivity index is 2.04. The number of rotatable bonds is 6. The Morgan fingerprint density at radius 2 is 1.84 bits per heavy atom. The van der Waals surface area contributed by atoms with E-state index in [1.807, 2.05) is 42.5 Å². The fourth-order valence-corrected chi connectivity index (χ4v) is 3.19. The van der Waals surface area contributed by atoms with Crippen LogP contribution in [0.5, 0.6) is 0 Å². The van der Waals surface area contributed by atoms with Gasteiger partial charge in [-0.2, -0.15) is 0 Å². The maximum Gasteiger partial charge on any atom is 0.318 e. The lowest BCUT2D eigenvalue weighted by Gasteiger charge is -2.32. The van der Waals surface area contributed by atoms with Gasteiger partial charge < -0.3 is 9.47 Å². The standard InChI is InChI=1S/C19H18BrNO4/c1-24-12-16(13-7-3-2-4-8-13)21-18(23)14-9-5-6-10-15(14)19(21)25-17(22)11-20/h2-10,16,19H,11-12H2,1H3/t16-,19+/m0/s1. The van der Waals surface area contributed by atoms with Gasteiger partial charge in [-0.1, -0.05) is 64.5 Å². The number of alkyl halides is 1. The van der Waals surface area contributed by atoms with Crippen LogP contribution in [0, 0.1) is 0 Å². The van der Waals surface area contributed by atoms with E-state index in [1.54, 1.807) is 24.1 Å². The molecule has 5 nitrogen and oxygen atoms in total. The highest BCUT2D eigenvalue weighted by Crippen LogP contribution is 2.40. The number of methoxy groups -OCH3 is 1. The van der Waals surface area contributed by atoms with Crippen molar-refractivity contribution in [2.75, 3.05) is 19.0 Å². The van der Waals surface area contributed by atoms with Gasteiger partial charge in [-0.3, -0.25) is 14.5 Å². The summed E-state index contributed by atoms with van der Waals surface area (Å²) in [6, 6.07) is 16.4. The number of esters is 1. The third-order valence-corrected chi connectivity index (χ3v) is 4.60. The first kappa shape index (κ1) is 17.6. The van der Waals surface area contributed by atoms with Crippen molar-refractivity contribution in [3.05, 3.63) is 71.3 Å². The molecular weight excluding hydrogens is 386 g/mol. The van der Waals surface area contributed by atoms with Gasteiger partial charge in [0.25, 0.3) is 5.91 Å². The molecule has 0 radical (unpaired) electrons. The van der Waals surface area contributed by atoms with Crippen LogP contribution < -0.4 is 0 Å². The van der Waals surface area contributed by atoms with Gasteiger partial charge in [0.15, 0.2) is 0 Å². The Hall–Kier alpha value is -2.18. The summed E-state index contributed by atoms with van der Waals surface area (Å²) in [7, 11) is 1.59. The van der Waals surface area contributed by atoms with Crippen LogP contribution in [-0.4, -0.2) is 35.8 Å². The molecule has 0 N–H and O–H groups in total. The molecule has 0 unspecified atom stereocenters. The third-order valence-electron chi connectivity index (χ3n) is 4.14. The van der Waals surface area contributed by atoms with E-state index in [1.165, 1.54) is 0 Å². The first-order chi connectivity index (χ1) is 12.2. The minimum atomic E-state index is -0.769. The molecule has 0 aliphatic carbocycles. The average Bonchev–Trinajstić information content (AvgIpc) is 2.93. The number of hydrogen-bond donors (Lipinski definition) is 0. The van der Waals surface area contributed by atoms with E-state index in [9.17, 15) is 9.59 Å². The topological polar surface area (TPSA) is 55.8 Å². The van der Waals surface area contributed by atoms with Gasteiger partial charge in [-0.15, -0.1) is 0 Å². The van der Waals surface area contributed by atoms with Crippen molar-refractivity contribution in [3.63, 3.8) is 0 Å². The molecule has 0 bridgehead atoms. The summed E-state index contributed by atoms with van der Waals surface area (Å²) in [6.07, 6.45) is -0.769. The second-order valence-electron chi connectivity index (χ2n) is 5.66. The monoisotopic (exact) mass is 403 g/mol. The lowest BCUT2D eigenvalue weighted by molar-refractivity contribution is -0.155. The smallest absolute Gasteiger partial charge is 0.318 e. The molecule has 1 amide bonds. The van der Waals surface area contributed by atoms with E-state index in [0.717, 1.165) is 5.56 Å². The van der Waals surface area contributed by atoms with Crippen LogP contribution in [0.2, 0.25) is 0 Å². The fraction of sp³-hybridized carbons (Fsp3) is 0.263. The first-order valence-electron chi connectivity index (χ1n) is 7.88. The second kappa shape index (κ2) is 7.80. The molecular formula is C19H18BrNO4. The van der Waals surface area contributed by atoms with Gasteiger partial charge >= 0.3 is 5.97 Å². The van der Waals surface area contributed by atoms with E-state index >= 15 is 0 Å². The van der Waals surface area contributed by atoms with Crippen molar-refractivity contribution in [3.8, 4) is 0 Å². The van der Waals surface area contributed by atoms with Crippen LogP contribution in [0.15, 0.2) is 54.6 Å². The van der Waals surface area contributed by atoms with Gasteiger partial charge in [-0.05, 0) is 11.6 Å². The normalized spacial score (nSPS) is 17.3. The predicted octanol–water partition coefficient (Wildman–Crippen LogP) is 3.47. The molecule has 2 aromatic carbocycles. The van der Waals surface area contributed by atoms with Gasteiger partial charge in [0.05, 0.1) is 12.6 Å². The van der Waals surface area contributed by atoms with E-state index in [2.05, 4.69) is 15.9 Å². The average molecular weight is 404 g/mol. The molecule has 0 aromatic heterocycles. The zero-order valence-corrected chi connectivity index (χ0v) is 15.3. The predicted molar refractivity (Wildman–Crippen MR) is 96.3 cm³/mol. The Kier molecular flexibility index (Phi) is 5.50. The Labute approximate surface area is 154 Å². The summed E-state index contributed by atoms with van der Waals surface area (Å²) >= 11 is 3.11. The molecule has 2 atom stereocenters. The highest BCUT2D eigenvalue weighted by molar-refractivity contribution is 9.09. The lowest BCUT2D eigenvalue weighted by Crippen LogP contribution is -2.37. The molecule has 1 heterocycles. The van der Waals surface area contributed by atoms with E-state index in [0.29, 0.717) is 17.7 Å². The van der Waals surface area contributed by atoms with Gasteiger partial charge in [0.1, 0.15) is 5.33 Å². The molecule has 25 heavy (non-hydrogen) atoms. The number of ether oxygens (including phenoxy) is 2. The summed E-state index contributed by atoms with van der Waals surface area (Å²) in [5.41, 5.74) is 2.16. The molecule has 2 aromatic rings. The minimum absolute atomic E-state index is 0.0635. The number of fused-ring (bicyclic) bond motifs is 1. The molecule has 130 valence electrons. The van der Waals surface area contributed by atoms with Gasteiger partial charge in [0.2, 0.25) is 6.23 Å². The molecule has 3 rings (SSSR count). The summed E-state index contributed by atoms with van der Waals surface area (Å²) in [6.45, 7) is 0.298. The highest BCUT2D eigenvalue weighted by atomic mass is 79.9. The molecule has 0 fully saturated rings.